The summed E-state index contributed by atoms with van der Waals surface area (Å²) >= 11 is 0. The molecule has 1 N–H and O–H groups in total. The summed E-state index contributed by atoms with van der Waals surface area (Å²) in [6, 6.07) is 5.95. The minimum Gasteiger partial charge on any atom is -0.352 e. The molecule has 6 heteroatoms. The molecule has 1 fully saturated rings. The molecule has 0 spiro atoms. The Morgan fingerprint density at radius 2 is 2.00 bits per heavy atom. The second-order valence-corrected chi connectivity index (χ2v) is 6.98. The number of hydrogen-bond acceptors (Lipinski definition) is 3. The largest absolute Gasteiger partial charge is 0.352 e. The standard InChI is InChI=1S/C12H14ClNO3S/c13-18(16,17)11-7-2-1-6-10(11)12(15)14-8-9-4-3-5-9/h1-2,6-7,9H,3-5,8H2,(H,14,15). The highest BCUT2D eigenvalue weighted by Crippen LogP contribution is 2.25. The second-order valence-electron chi connectivity index (χ2n) is 4.44. The highest BCUT2D eigenvalue weighted by atomic mass is 35.7. The molecular weight excluding hydrogens is 274 g/mol. The summed E-state index contributed by atoms with van der Waals surface area (Å²) in [5, 5.41) is 2.75. The van der Waals surface area contributed by atoms with E-state index < -0.39 is 9.05 Å². The van der Waals surface area contributed by atoms with Crippen molar-refractivity contribution in [2.24, 2.45) is 5.92 Å². The van der Waals surface area contributed by atoms with E-state index in [1.807, 2.05) is 0 Å². The molecule has 2 rings (SSSR count). The van der Waals surface area contributed by atoms with Gasteiger partial charge in [-0.2, -0.15) is 0 Å². The van der Waals surface area contributed by atoms with Crippen LogP contribution in [0, 0.1) is 5.92 Å². The summed E-state index contributed by atoms with van der Waals surface area (Å²) in [5.41, 5.74) is 0.104. The van der Waals surface area contributed by atoms with Gasteiger partial charge in [0.05, 0.1) is 10.5 Å². The number of hydrogen-bond donors (Lipinski definition) is 1. The molecule has 0 unspecified atom stereocenters. The van der Waals surface area contributed by atoms with Crippen LogP contribution < -0.4 is 5.32 Å². The molecule has 1 aromatic carbocycles. The van der Waals surface area contributed by atoms with Gasteiger partial charge in [0, 0.05) is 17.2 Å². The molecular formula is C12H14ClNO3S. The first-order valence-electron chi connectivity index (χ1n) is 5.80. The Bertz CT molecular complexity index is 552. The Balaban J connectivity index is 2.14. The molecule has 1 aliphatic rings. The lowest BCUT2D eigenvalue weighted by molar-refractivity contribution is 0.0936. The fraction of sp³-hybridized carbons (Fsp3) is 0.417. The number of carbonyl (C=O) groups is 1. The minimum absolute atomic E-state index is 0.104. The van der Waals surface area contributed by atoms with Gasteiger partial charge in [0.15, 0.2) is 0 Å². The lowest BCUT2D eigenvalue weighted by atomic mass is 9.85. The van der Waals surface area contributed by atoms with E-state index in [0.29, 0.717) is 12.5 Å². The third kappa shape index (κ3) is 3.03. The van der Waals surface area contributed by atoms with Crippen LogP contribution in [0.15, 0.2) is 29.2 Å². The van der Waals surface area contributed by atoms with Crippen LogP contribution in [0.25, 0.3) is 0 Å². The Labute approximate surface area is 111 Å². The van der Waals surface area contributed by atoms with Crippen molar-refractivity contribution < 1.29 is 13.2 Å². The van der Waals surface area contributed by atoms with Crippen molar-refractivity contribution in [3.63, 3.8) is 0 Å². The number of nitrogens with one attached hydrogen (secondary N) is 1. The molecule has 1 amide bonds. The molecule has 1 aromatic rings. The van der Waals surface area contributed by atoms with Gasteiger partial charge in [-0.3, -0.25) is 4.79 Å². The van der Waals surface area contributed by atoms with E-state index in [0.717, 1.165) is 12.8 Å². The molecule has 1 saturated carbocycles. The average Bonchev–Trinajstić information content (AvgIpc) is 2.25. The summed E-state index contributed by atoms with van der Waals surface area (Å²) < 4.78 is 22.7. The third-order valence-electron chi connectivity index (χ3n) is 3.17. The van der Waals surface area contributed by atoms with Gasteiger partial charge in [-0.1, -0.05) is 18.6 Å². The fourth-order valence-electron chi connectivity index (χ4n) is 1.90. The Morgan fingerprint density at radius 1 is 1.33 bits per heavy atom. The summed E-state index contributed by atoms with van der Waals surface area (Å²) in [5.74, 6) is 0.135. The minimum atomic E-state index is -3.90. The first-order chi connectivity index (χ1) is 8.48. The van der Waals surface area contributed by atoms with Crippen molar-refractivity contribution in [2.75, 3.05) is 6.54 Å². The second kappa shape index (κ2) is 5.28. The van der Waals surface area contributed by atoms with Crippen LogP contribution in [0.3, 0.4) is 0 Å². The lowest BCUT2D eigenvalue weighted by Crippen LogP contribution is -2.32. The van der Waals surface area contributed by atoms with Gasteiger partial charge in [0.25, 0.3) is 15.0 Å². The molecule has 0 bridgehead atoms. The van der Waals surface area contributed by atoms with E-state index >= 15 is 0 Å². The molecule has 18 heavy (non-hydrogen) atoms. The topological polar surface area (TPSA) is 63.2 Å². The number of rotatable bonds is 4. The first-order valence-corrected chi connectivity index (χ1v) is 8.11. The molecule has 1 aliphatic carbocycles. The van der Waals surface area contributed by atoms with Gasteiger partial charge in [0.1, 0.15) is 0 Å². The van der Waals surface area contributed by atoms with Crippen LogP contribution in [0.4, 0.5) is 0 Å². The maximum atomic E-state index is 11.9. The molecule has 4 nitrogen and oxygen atoms in total. The molecule has 0 saturated heterocycles. The maximum Gasteiger partial charge on any atom is 0.262 e. The van der Waals surface area contributed by atoms with E-state index in [-0.39, 0.29) is 16.4 Å². The quantitative estimate of drug-likeness (QED) is 0.863. The van der Waals surface area contributed by atoms with Gasteiger partial charge < -0.3 is 5.32 Å². The van der Waals surface area contributed by atoms with Crippen LogP contribution in [0.2, 0.25) is 0 Å². The predicted octanol–water partition coefficient (Wildman–Crippen LogP) is 2.14. The number of amides is 1. The van der Waals surface area contributed by atoms with Crippen molar-refractivity contribution in [3.05, 3.63) is 29.8 Å². The van der Waals surface area contributed by atoms with Crippen LogP contribution in [-0.2, 0) is 9.05 Å². The molecule has 0 atom stereocenters. The van der Waals surface area contributed by atoms with E-state index in [1.54, 1.807) is 6.07 Å². The monoisotopic (exact) mass is 287 g/mol. The summed E-state index contributed by atoms with van der Waals surface area (Å²) in [7, 11) is 1.40. The zero-order chi connectivity index (χ0) is 13.2. The van der Waals surface area contributed by atoms with Crippen molar-refractivity contribution in [1.29, 1.82) is 0 Å². The third-order valence-corrected chi connectivity index (χ3v) is 4.55. The van der Waals surface area contributed by atoms with Crippen molar-refractivity contribution in [3.8, 4) is 0 Å². The van der Waals surface area contributed by atoms with Crippen molar-refractivity contribution >= 4 is 25.6 Å². The number of halogens is 1. The summed E-state index contributed by atoms with van der Waals surface area (Å²) in [6.07, 6.45) is 3.44. The average molecular weight is 288 g/mol. The van der Waals surface area contributed by atoms with E-state index in [4.69, 9.17) is 10.7 Å². The van der Waals surface area contributed by atoms with Crippen LogP contribution in [0.5, 0.6) is 0 Å². The normalized spacial score (nSPS) is 16.1. The molecule has 98 valence electrons. The molecule has 0 aliphatic heterocycles. The Kier molecular flexibility index (Phi) is 3.92. The van der Waals surface area contributed by atoms with E-state index in [9.17, 15) is 13.2 Å². The number of carbonyl (C=O) groups excluding carboxylic acids is 1. The Morgan fingerprint density at radius 3 is 2.56 bits per heavy atom. The lowest BCUT2D eigenvalue weighted by Gasteiger charge is -2.25. The maximum absolute atomic E-state index is 11.9. The zero-order valence-electron chi connectivity index (χ0n) is 9.73. The van der Waals surface area contributed by atoms with Crippen molar-refractivity contribution in [2.45, 2.75) is 24.2 Å². The van der Waals surface area contributed by atoms with Gasteiger partial charge in [0.2, 0.25) is 0 Å². The highest BCUT2D eigenvalue weighted by molar-refractivity contribution is 8.13. The molecule has 0 aromatic heterocycles. The highest BCUT2D eigenvalue weighted by Gasteiger charge is 2.22. The molecule has 0 radical (unpaired) electrons. The SMILES string of the molecule is O=C(NCC1CCC1)c1ccccc1S(=O)(=O)Cl. The predicted molar refractivity (Wildman–Crippen MR) is 69.2 cm³/mol. The van der Waals surface area contributed by atoms with Gasteiger partial charge in [-0.25, -0.2) is 8.42 Å². The Hall–Kier alpha value is -1.07. The van der Waals surface area contributed by atoms with E-state index in [2.05, 4.69) is 5.32 Å². The van der Waals surface area contributed by atoms with E-state index in [1.165, 1.54) is 24.6 Å². The zero-order valence-corrected chi connectivity index (χ0v) is 11.3. The summed E-state index contributed by atoms with van der Waals surface area (Å²) in [4.78, 5) is 11.8. The summed E-state index contributed by atoms with van der Waals surface area (Å²) in [6.45, 7) is 0.593. The van der Waals surface area contributed by atoms with Gasteiger partial charge in [-0.05, 0) is 30.9 Å². The smallest absolute Gasteiger partial charge is 0.262 e. The van der Waals surface area contributed by atoms with Gasteiger partial charge >= 0.3 is 0 Å². The molecule has 0 heterocycles. The van der Waals surface area contributed by atoms with Crippen molar-refractivity contribution in [1.82, 2.24) is 5.32 Å². The first kappa shape index (κ1) is 13.4. The number of benzene rings is 1. The van der Waals surface area contributed by atoms with Crippen LogP contribution in [-0.4, -0.2) is 20.9 Å². The van der Waals surface area contributed by atoms with Crippen LogP contribution in [0.1, 0.15) is 29.6 Å². The fourth-order valence-corrected chi connectivity index (χ4v) is 2.96. The van der Waals surface area contributed by atoms with Gasteiger partial charge in [-0.15, -0.1) is 0 Å². The van der Waals surface area contributed by atoms with Crippen LogP contribution >= 0.6 is 10.7 Å².